The van der Waals surface area contributed by atoms with Gasteiger partial charge in [-0.3, -0.25) is 0 Å². The van der Waals surface area contributed by atoms with Crippen LogP contribution in [0, 0.1) is 0 Å². The van der Waals surface area contributed by atoms with Gasteiger partial charge in [-0.1, -0.05) is 0 Å². The molecule has 0 saturated heterocycles. The van der Waals surface area contributed by atoms with E-state index in [4.69, 9.17) is 0 Å². The SMILES string of the molecule is [Cu+2].[Cu+].[Cu+].[Cu+].[Cu+]. The molecule has 0 aromatic heterocycles. The minimum absolute atomic E-state index is 0. The van der Waals surface area contributed by atoms with Gasteiger partial charge in [0.05, 0.1) is 0 Å². The van der Waals surface area contributed by atoms with Crippen molar-refractivity contribution in [2.75, 3.05) is 0 Å². The van der Waals surface area contributed by atoms with E-state index in [0.29, 0.717) is 0 Å². The molecule has 0 N–H and O–H groups in total. The molecule has 0 aliphatic rings. The van der Waals surface area contributed by atoms with Gasteiger partial charge in [-0.25, -0.2) is 0 Å². The van der Waals surface area contributed by atoms with Gasteiger partial charge < -0.3 is 0 Å². The summed E-state index contributed by atoms with van der Waals surface area (Å²) in [5, 5.41) is 0. The van der Waals surface area contributed by atoms with E-state index >= 15 is 0 Å². The van der Waals surface area contributed by atoms with Crippen LogP contribution in [0.4, 0.5) is 0 Å². The predicted octanol–water partition coefficient (Wildman–Crippen LogP) is -0.0125. The van der Waals surface area contributed by atoms with Crippen LogP contribution in [0.3, 0.4) is 0 Å². The van der Waals surface area contributed by atoms with E-state index in [1.165, 1.54) is 0 Å². The Kier molecular flexibility index (Phi) is 300. The minimum atomic E-state index is 0. The fourth-order valence-electron chi connectivity index (χ4n) is 0. The molecule has 0 amide bonds. The molecule has 0 rings (SSSR count). The molecule has 49 valence electrons. The van der Waals surface area contributed by atoms with Gasteiger partial charge in [0.15, 0.2) is 0 Å². The number of hydrogen-bond donors (Lipinski definition) is 0. The third-order valence-electron chi connectivity index (χ3n) is 0. The molecule has 5 heteroatoms. The Labute approximate surface area is 84.3 Å². The van der Waals surface area contributed by atoms with Crippen molar-refractivity contribution < 1.29 is 85.3 Å². The molecule has 5 heavy (non-hydrogen) atoms. The summed E-state index contributed by atoms with van der Waals surface area (Å²) in [5.41, 5.74) is 0. The Morgan fingerprint density at radius 2 is 0.400 bits per heavy atom. The first-order valence-electron chi connectivity index (χ1n) is 0. The maximum Gasteiger partial charge on any atom is 2.00 e. The second-order valence-corrected chi connectivity index (χ2v) is 0. The summed E-state index contributed by atoms with van der Waals surface area (Å²) in [4.78, 5) is 0. The van der Waals surface area contributed by atoms with Crippen molar-refractivity contribution in [1.82, 2.24) is 0 Å². The van der Waals surface area contributed by atoms with Crippen molar-refractivity contribution in [2.24, 2.45) is 0 Å². The van der Waals surface area contributed by atoms with Crippen LogP contribution in [0.15, 0.2) is 0 Å². The molecule has 0 fully saturated rings. The molecule has 0 aliphatic heterocycles. The molecule has 0 aromatic rings. The van der Waals surface area contributed by atoms with Gasteiger partial charge in [0.2, 0.25) is 0 Å². The van der Waals surface area contributed by atoms with Crippen molar-refractivity contribution >= 4 is 0 Å². The Hall–Kier alpha value is 2.60. The molecule has 0 spiro atoms. The average Bonchev–Trinajstić information content (AvgIpc) is 0. The van der Waals surface area contributed by atoms with Crippen molar-refractivity contribution in [2.45, 2.75) is 0 Å². The molecule has 0 nitrogen and oxygen atoms in total. The largest absolute Gasteiger partial charge is 2.00 e. The standard InChI is InChI=1S/5Cu/q4*+1;+2. The molecule has 0 heterocycles. The average molecular weight is 318 g/mol. The third kappa shape index (κ3) is 20.7. The van der Waals surface area contributed by atoms with E-state index in [9.17, 15) is 0 Å². The normalized spacial score (nSPS) is 0. The molecular weight excluding hydrogens is 318 g/mol. The second kappa shape index (κ2) is 30.6. The Bertz CT molecular complexity index is 0. The summed E-state index contributed by atoms with van der Waals surface area (Å²) >= 11 is 0. The van der Waals surface area contributed by atoms with Crippen LogP contribution >= 0.6 is 0 Å². The zero-order valence-corrected chi connectivity index (χ0v) is 6.22. The fraction of sp³-hybridized carbons (Fsp3) is 0. The number of rotatable bonds is 0. The van der Waals surface area contributed by atoms with Crippen molar-refractivity contribution in [3.05, 3.63) is 0 Å². The zero-order valence-electron chi connectivity index (χ0n) is 1.51. The van der Waals surface area contributed by atoms with Gasteiger partial charge in [-0.15, -0.1) is 0 Å². The Morgan fingerprint density at radius 1 is 0.400 bits per heavy atom. The first-order valence-corrected chi connectivity index (χ1v) is 0. The van der Waals surface area contributed by atoms with Gasteiger partial charge >= 0.3 is 85.3 Å². The molecule has 0 aromatic carbocycles. The molecule has 0 aliphatic carbocycles. The third-order valence-corrected chi connectivity index (χ3v) is 0. The quantitative estimate of drug-likeness (QED) is 0.551. The Morgan fingerprint density at radius 3 is 0.400 bits per heavy atom. The minimum Gasteiger partial charge on any atom is 1.00 e. The van der Waals surface area contributed by atoms with Crippen molar-refractivity contribution in [3.8, 4) is 0 Å². The van der Waals surface area contributed by atoms with Gasteiger partial charge in [0.25, 0.3) is 0 Å². The van der Waals surface area contributed by atoms with Crippen LogP contribution in [-0.4, -0.2) is 0 Å². The fourth-order valence-corrected chi connectivity index (χ4v) is 0. The van der Waals surface area contributed by atoms with Crippen molar-refractivity contribution in [1.29, 1.82) is 0 Å². The van der Waals surface area contributed by atoms with Crippen LogP contribution in [-0.2, 0) is 85.3 Å². The zero-order chi connectivity index (χ0) is 0. The van der Waals surface area contributed by atoms with Gasteiger partial charge in [0, 0.05) is 0 Å². The van der Waals surface area contributed by atoms with E-state index in [2.05, 4.69) is 0 Å². The second-order valence-electron chi connectivity index (χ2n) is 0. The summed E-state index contributed by atoms with van der Waals surface area (Å²) < 4.78 is 0. The van der Waals surface area contributed by atoms with Crippen LogP contribution in [0.25, 0.3) is 0 Å². The number of hydrogen-bond acceptors (Lipinski definition) is 0. The summed E-state index contributed by atoms with van der Waals surface area (Å²) in [6.07, 6.45) is 0. The molecule has 0 bridgehead atoms. The Balaban J connectivity index is 0. The van der Waals surface area contributed by atoms with Gasteiger partial charge in [-0.05, 0) is 0 Å². The van der Waals surface area contributed by atoms with E-state index in [1.807, 2.05) is 0 Å². The first-order chi connectivity index (χ1) is 0. The first kappa shape index (κ1) is 49.0. The summed E-state index contributed by atoms with van der Waals surface area (Å²) in [7, 11) is 0. The molecule has 0 unspecified atom stereocenters. The van der Waals surface area contributed by atoms with Gasteiger partial charge in [-0.2, -0.15) is 0 Å². The molecular formula is Cu5+6. The maximum atomic E-state index is 0. The van der Waals surface area contributed by atoms with Crippen LogP contribution < -0.4 is 0 Å². The summed E-state index contributed by atoms with van der Waals surface area (Å²) in [6.45, 7) is 0. The van der Waals surface area contributed by atoms with E-state index in [1.54, 1.807) is 0 Å². The predicted molar refractivity (Wildman–Crippen MR) is 0 cm³/mol. The van der Waals surface area contributed by atoms with Crippen LogP contribution in [0.2, 0.25) is 0 Å². The molecule has 0 saturated carbocycles. The van der Waals surface area contributed by atoms with E-state index < -0.39 is 0 Å². The molecule has 1 radical (unpaired) electrons. The van der Waals surface area contributed by atoms with Crippen LogP contribution in [0.5, 0.6) is 0 Å². The summed E-state index contributed by atoms with van der Waals surface area (Å²) in [6, 6.07) is 0. The maximum absolute atomic E-state index is 0. The van der Waals surface area contributed by atoms with E-state index in [0.717, 1.165) is 0 Å². The monoisotopic (exact) mass is 315 g/mol. The van der Waals surface area contributed by atoms with Crippen LogP contribution in [0.1, 0.15) is 0 Å². The topological polar surface area (TPSA) is 0 Å². The summed E-state index contributed by atoms with van der Waals surface area (Å²) in [5.74, 6) is 0. The van der Waals surface area contributed by atoms with Gasteiger partial charge in [0.1, 0.15) is 0 Å². The molecule has 0 atom stereocenters. The van der Waals surface area contributed by atoms with E-state index in [-0.39, 0.29) is 85.3 Å². The smallest absolute Gasteiger partial charge is 1.00 e. The van der Waals surface area contributed by atoms with Crippen molar-refractivity contribution in [3.63, 3.8) is 0 Å².